The van der Waals surface area contributed by atoms with Gasteiger partial charge in [0.1, 0.15) is 18.1 Å². The van der Waals surface area contributed by atoms with E-state index < -0.39 is 6.04 Å². The molecule has 0 aliphatic carbocycles. The van der Waals surface area contributed by atoms with Crippen LogP contribution in [0.15, 0.2) is 46.3 Å². The molecule has 3 rings (SSSR count). The van der Waals surface area contributed by atoms with Crippen LogP contribution < -0.4 is 10.1 Å². The number of ether oxygens (including phenoxy) is 2. The van der Waals surface area contributed by atoms with Gasteiger partial charge in [-0.1, -0.05) is 17.3 Å². The molecule has 0 fully saturated rings. The van der Waals surface area contributed by atoms with E-state index in [-0.39, 0.29) is 18.3 Å². The molecule has 0 saturated heterocycles. The zero-order valence-electron chi connectivity index (χ0n) is 16.4. The first-order valence-electron chi connectivity index (χ1n) is 9.03. The van der Waals surface area contributed by atoms with E-state index in [1.165, 1.54) is 18.4 Å². The van der Waals surface area contributed by atoms with Crippen LogP contribution in [0, 0.1) is 13.8 Å². The van der Waals surface area contributed by atoms with Gasteiger partial charge >= 0.3 is 5.97 Å². The molecule has 152 valence electrons. The quantitative estimate of drug-likeness (QED) is 0.561. The number of esters is 1. The molecular formula is C21H22N2O5S. The molecule has 1 amide bonds. The zero-order chi connectivity index (χ0) is 20.8. The number of carbonyl (C=O) groups is 2. The molecule has 0 spiro atoms. The summed E-state index contributed by atoms with van der Waals surface area (Å²) in [7, 11) is 1.33. The van der Waals surface area contributed by atoms with Gasteiger partial charge in [-0.05, 0) is 43.5 Å². The maximum Gasteiger partial charge on any atom is 0.307 e. The third-order valence-electron chi connectivity index (χ3n) is 4.45. The Morgan fingerprint density at radius 1 is 1.24 bits per heavy atom. The molecule has 1 atom stereocenters. The zero-order valence-corrected chi connectivity index (χ0v) is 17.2. The predicted octanol–water partition coefficient (Wildman–Crippen LogP) is 3.97. The highest BCUT2D eigenvalue weighted by molar-refractivity contribution is 7.10. The first-order chi connectivity index (χ1) is 14.0. The normalized spacial score (nSPS) is 11.7. The number of nitrogens with zero attached hydrogens (tertiary/aromatic N) is 1. The highest BCUT2D eigenvalue weighted by atomic mass is 32.1. The van der Waals surface area contributed by atoms with Gasteiger partial charge in [0.05, 0.1) is 30.8 Å². The topological polar surface area (TPSA) is 90.7 Å². The summed E-state index contributed by atoms with van der Waals surface area (Å²) >= 11 is 1.47. The minimum atomic E-state index is -0.457. The van der Waals surface area contributed by atoms with Crippen LogP contribution in [-0.2, 0) is 16.1 Å². The minimum absolute atomic E-state index is 0.0605. The van der Waals surface area contributed by atoms with Crippen LogP contribution >= 0.6 is 11.3 Å². The number of aryl methyl sites for hydroxylation is 2. The van der Waals surface area contributed by atoms with Crippen molar-refractivity contribution in [2.45, 2.75) is 32.9 Å². The SMILES string of the molecule is COC(=O)C[C@H](NC(=O)c1cccc(OCc2c(C)noc2C)c1)c1cccs1. The van der Waals surface area contributed by atoms with Crippen molar-refractivity contribution in [1.29, 1.82) is 0 Å². The Kier molecular flexibility index (Phi) is 6.66. The van der Waals surface area contributed by atoms with Gasteiger partial charge in [0, 0.05) is 10.4 Å². The van der Waals surface area contributed by atoms with E-state index in [2.05, 4.69) is 10.5 Å². The molecule has 3 aromatic rings. The molecule has 8 heteroatoms. The van der Waals surface area contributed by atoms with E-state index in [9.17, 15) is 9.59 Å². The minimum Gasteiger partial charge on any atom is -0.489 e. The number of hydrogen-bond donors (Lipinski definition) is 1. The number of hydrogen-bond acceptors (Lipinski definition) is 7. The Morgan fingerprint density at radius 3 is 2.72 bits per heavy atom. The van der Waals surface area contributed by atoms with E-state index in [1.54, 1.807) is 24.3 Å². The van der Waals surface area contributed by atoms with E-state index in [4.69, 9.17) is 14.0 Å². The highest BCUT2D eigenvalue weighted by Crippen LogP contribution is 2.24. The number of nitrogens with one attached hydrogen (secondary N) is 1. The second-order valence-corrected chi connectivity index (χ2v) is 7.42. The van der Waals surface area contributed by atoms with Crippen molar-refractivity contribution in [3.8, 4) is 5.75 Å². The number of aromatic nitrogens is 1. The fraction of sp³-hybridized carbons (Fsp3) is 0.286. The summed E-state index contributed by atoms with van der Waals surface area (Å²) in [5, 5.41) is 8.71. The van der Waals surface area contributed by atoms with Crippen molar-refractivity contribution in [3.05, 3.63) is 69.2 Å². The summed E-state index contributed by atoms with van der Waals surface area (Å²) < 4.78 is 15.7. The van der Waals surface area contributed by atoms with Crippen LogP contribution in [-0.4, -0.2) is 24.1 Å². The molecule has 2 aromatic heterocycles. The lowest BCUT2D eigenvalue weighted by atomic mass is 10.1. The summed E-state index contributed by atoms with van der Waals surface area (Å²) in [6.07, 6.45) is 0.0605. The maximum absolute atomic E-state index is 12.8. The first kappa shape index (κ1) is 20.6. The average Bonchev–Trinajstić information content (AvgIpc) is 3.36. The Morgan fingerprint density at radius 2 is 2.07 bits per heavy atom. The molecule has 0 bridgehead atoms. The van der Waals surface area contributed by atoms with Crippen LogP contribution in [0.3, 0.4) is 0 Å². The molecule has 1 aromatic carbocycles. The lowest BCUT2D eigenvalue weighted by Gasteiger charge is -2.17. The lowest BCUT2D eigenvalue weighted by Crippen LogP contribution is -2.30. The van der Waals surface area contributed by atoms with Gasteiger partial charge in [0.2, 0.25) is 0 Å². The largest absolute Gasteiger partial charge is 0.489 e. The monoisotopic (exact) mass is 414 g/mol. The van der Waals surface area contributed by atoms with Crippen molar-refractivity contribution in [3.63, 3.8) is 0 Å². The molecule has 0 aliphatic rings. The highest BCUT2D eigenvalue weighted by Gasteiger charge is 2.21. The summed E-state index contributed by atoms with van der Waals surface area (Å²) in [5.41, 5.74) is 2.10. The Hall–Kier alpha value is -3.13. The third kappa shape index (κ3) is 5.23. The lowest BCUT2D eigenvalue weighted by molar-refractivity contribution is -0.141. The molecule has 0 radical (unpaired) electrons. The van der Waals surface area contributed by atoms with Crippen LogP contribution in [0.1, 0.15) is 44.7 Å². The van der Waals surface area contributed by atoms with E-state index in [0.717, 1.165) is 16.1 Å². The standard InChI is InChI=1S/C21H22N2O5S/c1-13-17(14(2)28-23-13)12-27-16-7-4-6-15(10-16)21(25)22-18(11-20(24)26-3)19-8-5-9-29-19/h4-10,18H,11-12H2,1-3H3,(H,22,25)/t18-/m0/s1. The van der Waals surface area contributed by atoms with Crippen LogP contribution in [0.2, 0.25) is 0 Å². The number of thiophene rings is 1. The Bertz CT molecular complexity index is 961. The molecule has 2 heterocycles. The van der Waals surface area contributed by atoms with Gasteiger partial charge in [-0.3, -0.25) is 9.59 Å². The Balaban J connectivity index is 1.70. The summed E-state index contributed by atoms with van der Waals surface area (Å²) in [6, 6.07) is 10.2. The molecule has 0 aliphatic heterocycles. The summed E-state index contributed by atoms with van der Waals surface area (Å²) in [4.78, 5) is 25.4. The van der Waals surface area contributed by atoms with E-state index >= 15 is 0 Å². The second kappa shape index (κ2) is 9.38. The molecular weight excluding hydrogens is 392 g/mol. The van der Waals surface area contributed by atoms with Gasteiger partial charge in [0.25, 0.3) is 5.91 Å². The van der Waals surface area contributed by atoms with Crippen molar-refractivity contribution in [1.82, 2.24) is 10.5 Å². The average molecular weight is 414 g/mol. The van der Waals surface area contributed by atoms with Gasteiger partial charge in [-0.15, -0.1) is 11.3 Å². The molecule has 0 unspecified atom stereocenters. The van der Waals surface area contributed by atoms with Crippen LogP contribution in [0.25, 0.3) is 0 Å². The third-order valence-corrected chi connectivity index (χ3v) is 5.44. The van der Waals surface area contributed by atoms with E-state index in [0.29, 0.717) is 23.7 Å². The fourth-order valence-corrected chi connectivity index (χ4v) is 3.57. The molecule has 0 saturated carbocycles. The second-order valence-electron chi connectivity index (χ2n) is 6.44. The summed E-state index contributed by atoms with van der Waals surface area (Å²) in [6.45, 7) is 3.98. The molecule has 1 N–H and O–H groups in total. The predicted molar refractivity (Wildman–Crippen MR) is 108 cm³/mol. The van der Waals surface area contributed by atoms with Gasteiger partial charge < -0.3 is 19.3 Å². The number of amides is 1. The smallest absolute Gasteiger partial charge is 0.307 e. The molecule has 7 nitrogen and oxygen atoms in total. The molecule has 29 heavy (non-hydrogen) atoms. The fourth-order valence-electron chi connectivity index (χ4n) is 2.79. The number of methoxy groups -OCH3 is 1. The van der Waals surface area contributed by atoms with Crippen LogP contribution in [0.5, 0.6) is 5.75 Å². The van der Waals surface area contributed by atoms with Gasteiger partial charge in [-0.25, -0.2) is 0 Å². The van der Waals surface area contributed by atoms with E-state index in [1.807, 2.05) is 31.4 Å². The van der Waals surface area contributed by atoms with Crippen molar-refractivity contribution >= 4 is 23.2 Å². The Labute approximate surface area is 172 Å². The van der Waals surface area contributed by atoms with Gasteiger partial charge in [-0.2, -0.15) is 0 Å². The first-order valence-corrected chi connectivity index (χ1v) is 9.91. The van der Waals surface area contributed by atoms with Gasteiger partial charge in [0.15, 0.2) is 0 Å². The number of rotatable bonds is 8. The number of benzene rings is 1. The maximum atomic E-state index is 12.8. The summed E-state index contributed by atoms with van der Waals surface area (Å²) in [5.74, 6) is 0.576. The van der Waals surface area contributed by atoms with Crippen molar-refractivity contribution < 1.29 is 23.6 Å². The number of carbonyl (C=O) groups excluding carboxylic acids is 2. The van der Waals surface area contributed by atoms with Crippen LogP contribution in [0.4, 0.5) is 0 Å². The van der Waals surface area contributed by atoms with Crippen molar-refractivity contribution in [2.24, 2.45) is 0 Å². The van der Waals surface area contributed by atoms with Crippen molar-refractivity contribution in [2.75, 3.05) is 7.11 Å².